The predicted octanol–water partition coefficient (Wildman–Crippen LogP) is -0.319. The zero-order chi connectivity index (χ0) is 23.0. The number of fused-ring (bicyclic) bond motifs is 1. The number of hydrogen-bond donors (Lipinski definition) is 3. The van der Waals surface area contributed by atoms with Crippen LogP contribution in [0.3, 0.4) is 0 Å². The molecular weight excluding hydrogens is 448 g/mol. The summed E-state index contributed by atoms with van der Waals surface area (Å²) in [4.78, 5) is 34.7. The van der Waals surface area contributed by atoms with Crippen molar-refractivity contribution in [3.8, 4) is 0 Å². The second-order valence-corrected chi connectivity index (χ2v) is 11.0. The molecule has 0 radical (unpaired) electrons. The van der Waals surface area contributed by atoms with Crippen LogP contribution >= 0.6 is 0 Å². The van der Waals surface area contributed by atoms with Crippen molar-refractivity contribution in [2.75, 3.05) is 28.0 Å². The van der Waals surface area contributed by atoms with E-state index >= 15 is 0 Å². The van der Waals surface area contributed by atoms with Crippen molar-refractivity contribution in [2.24, 2.45) is 11.8 Å². The number of hydrogen-bond acceptors (Lipinski definition) is 8. The van der Waals surface area contributed by atoms with Crippen LogP contribution in [0.4, 0.5) is 11.6 Å². The highest BCUT2D eigenvalue weighted by molar-refractivity contribution is 7.93. The van der Waals surface area contributed by atoms with Crippen LogP contribution in [-0.2, 0) is 21.2 Å². The first-order chi connectivity index (χ1) is 15.8. The van der Waals surface area contributed by atoms with E-state index in [2.05, 4.69) is 20.2 Å². The van der Waals surface area contributed by atoms with E-state index in [0.717, 1.165) is 12.1 Å². The molecule has 1 aromatic carbocycles. The Bertz CT molecular complexity index is 1240. The van der Waals surface area contributed by atoms with Crippen molar-refractivity contribution in [1.82, 2.24) is 20.8 Å². The van der Waals surface area contributed by atoms with Crippen molar-refractivity contribution in [1.29, 1.82) is 0 Å². The second-order valence-electron chi connectivity index (χ2n) is 9.01. The van der Waals surface area contributed by atoms with Crippen molar-refractivity contribution in [3.63, 3.8) is 0 Å². The van der Waals surface area contributed by atoms with E-state index in [1.165, 1.54) is 16.7 Å². The number of nitrogens with zero attached hydrogens (tertiary/aromatic N) is 4. The van der Waals surface area contributed by atoms with Gasteiger partial charge in [-0.3, -0.25) is 19.1 Å². The van der Waals surface area contributed by atoms with Crippen LogP contribution < -0.4 is 20.0 Å². The van der Waals surface area contributed by atoms with Crippen molar-refractivity contribution >= 4 is 33.5 Å². The molecular formula is C21H22N6O5S. The topological polar surface area (TPSA) is 145 Å². The van der Waals surface area contributed by atoms with Gasteiger partial charge in [0.2, 0.25) is 21.9 Å². The predicted molar refractivity (Wildman–Crippen MR) is 116 cm³/mol. The number of amides is 2. The molecule has 3 saturated heterocycles. The highest BCUT2D eigenvalue weighted by Gasteiger charge is 2.93. The fraction of sp³-hybridized carbons (Fsp3) is 0.429. The van der Waals surface area contributed by atoms with Gasteiger partial charge in [-0.05, 0) is 24.1 Å². The minimum absolute atomic E-state index is 0.0655. The minimum Gasteiger partial charge on any atom is -0.348 e. The molecule has 2 amide bonds. The second kappa shape index (κ2) is 6.87. The molecule has 33 heavy (non-hydrogen) atoms. The quantitative estimate of drug-likeness (QED) is 0.385. The molecule has 5 aliphatic rings. The molecule has 3 N–H and O–H groups in total. The lowest BCUT2D eigenvalue weighted by Crippen LogP contribution is -2.38. The number of carbonyl (C=O) groups excluding carboxylic acids is 2. The molecule has 2 aliphatic carbocycles. The largest absolute Gasteiger partial charge is 0.348 e. The number of benzene rings is 1. The first-order valence-corrected chi connectivity index (χ1v) is 12.4. The first-order valence-electron chi connectivity index (χ1n) is 10.8. The maximum Gasteiger partial charge on any atom is 0.277 e. The van der Waals surface area contributed by atoms with Gasteiger partial charge < -0.3 is 10.2 Å². The fourth-order valence-corrected chi connectivity index (χ4v) is 7.14. The molecule has 5 fully saturated rings. The van der Waals surface area contributed by atoms with Crippen LogP contribution in [0.5, 0.6) is 0 Å². The molecule has 2 aromatic rings. The molecule has 12 heteroatoms. The third kappa shape index (κ3) is 3.00. The van der Waals surface area contributed by atoms with Gasteiger partial charge in [0.25, 0.3) is 5.91 Å². The highest BCUT2D eigenvalue weighted by Crippen LogP contribution is 2.78. The molecule has 1 aromatic heterocycles. The lowest BCUT2D eigenvalue weighted by atomic mass is 10.1. The molecule has 2 bridgehead atoms. The number of sulfonamides is 1. The molecule has 7 rings (SSSR count). The Balaban J connectivity index is 1.07. The van der Waals surface area contributed by atoms with Gasteiger partial charge in [0, 0.05) is 37.3 Å². The molecule has 11 nitrogen and oxygen atoms in total. The number of nitrogens with one attached hydrogen (secondary N) is 2. The minimum atomic E-state index is -3.22. The van der Waals surface area contributed by atoms with Crippen molar-refractivity contribution < 1.29 is 23.2 Å². The molecule has 0 spiro atoms. The van der Waals surface area contributed by atoms with Crippen LogP contribution in [0.25, 0.3) is 0 Å². The third-order valence-corrected chi connectivity index (χ3v) is 9.11. The van der Waals surface area contributed by atoms with Gasteiger partial charge in [-0.25, -0.2) is 23.9 Å². The van der Waals surface area contributed by atoms with E-state index in [0.29, 0.717) is 36.4 Å². The maximum atomic E-state index is 12.7. The van der Waals surface area contributed by atoms with E-state index in [-0.39, 0.29) is 35.2 Å². The Labute approximate surface area is 189 Å². The van der Waals surface area contributed by atoms with Crippen LogP contribution in [0, 0.1) is 11.8 Å². The zero-order valence-corrected chi connectivity index (χ0v) is 18.3. The van der Waals surface area contributed by atoms with Crippen LogP contribution in [0.2, 0.25) is 0 Å². The Morgan fingerprint density at radius 3 is 2.52 bits per heavy atom. The Morgan fingerprint density at radius 2 is 1.91 bits per heavy atom. The third-order valence-electron chi connectivity index (χ3n) is 7.24. The number of rotatable bonds is 6. The monoisotopic (exact) mass is 470 g/mol. The fourth-order valence-electron chi connectivity index (χ4n) is 5.58. The molecule has 172 valence electrons. The first kappa shape index (κ1) is 20.4. The van der Waals surface area contributed by atoms with Crippen LogP contribution in [0.1, 0.15) is 22.3 Å². The van der Waals surface area contributed by atoms with Gasteiger partial charge in [0.1, 0.15) is 0 Å². The Kier molecular flexibility index (Phi) is 4.24. The average Bonchev–Trinajstić information content (AvgIpc) is 3.35. The van der Waals surface area contributed by atoms with Crippen LogP contribution in [-0.4, -0.2) is 65.8 Å². The highest BCUT2D eigenvalue weighted by atomic mass is 32.2. The number of aromatic nitrogens is 2. The normalized spacial score (nSPS) is 30.0. The van der Waals surface area contributed by atoms with Gasteiger partial charge in [0.15, 0.2) is 0 Å². The summed E-state index contributed by atoms with van der Waals surface area (Å²) >= 11 is 0. The summed E-state index contributed by atoms with van der Waals surface area (Å²) in [6.07, 6.45) is 3.58. The zero-order valence-electron chi connectivity index (χ0n) is 17.5. The smallest absolute Gasteiger partial charge is 0.277 e. The lowest BCUT2D eigenvalue weighted by molar-refractivity contribution is -0.121. The number of anilines is 2. The standard InChI is InChI=1S/C21H22N6O5S/c28-16(8-12-2-4-14(5-3-12)27-6-1-7-33(27,31)32)24-21-15-11-26(18(21)17(15)21)20-22-9-13(10-23-20)19(29)25-30/h2-5,9-10,15,17-18,30H,1,6-8,11H2,(H,24,28)(H,25,29). The molecule has 4 unspecified atom stereocenters. The molecule has 2 saturated carbocycles. The summed E-state index contributed by atoms with van der Waals surface area (Å²) in [6, 6.07) is 7.27. The summed E-state index contributed by atoms with van der Waals surface area (Å²) in [5.74, 6) is 0.711. The molecule has 3 aliphatic heterocycles. The summed E-state index contributed by atoms with van der Waals surface area (Å²) in [6.45, 7) is 1.24. The van der Waals surface area contributed by atoms with Gasteiger partial charge in [-0.2, -0.15) is 0 Å². The number of piperidine rings is 1. The van der Waals surface area contributed by atoms with Crippen molar-refractivity contribution in [2.45, 2.75) is 24.4 Å². The number of carbonyl (C=O) groups is 2. The van der Waals surface area contributed by atoms with Crippen molar-refractivity contribution in [3.05, 3.63) is 47.8 Å². The van der Waals surface area contributed by atoms with E-state index < -0.39 is 15.9 Å². The van der Waals surface area contributed by atoms with Gasteiger partial charge in [-0.15, -0.1) is 0 Å². The SMILES string of the molecule is O=C(Cc1ccc(N2CCCS2(=O)=O)cc1)NC12C3CN(c4ncc(C(=O)NO)cn4)C1C32. The molecule has 4 heterocycles. The van der Waals surface area contributed by atoms with Gasteiger partial charge in [-0.1, -0.05) is 12.1 Å². The Morgan fingerprint density at radius 1 is 1.18 bits per heavy atom. The van der Waals surface area contributed by atoms with Crippen LogP contribution in [0.15, 0.2) is 36.7 Å². The number of hydroxylamine groups is 1. The lowest BCUT2D eigenvalue weighted by Gasteiger charge is -2.18. The van der Waals surface area contributed by atoms with Gasteiger partial charge >= 0.3 is 0 Å². The average molecular weight is 471 g/mol. The Hall–Kier alpha value is -3.25. The van der Waals surface area contributed by atoms with E-state index in [9.17, 15) is 18.0 Å². The summed E-state index contributed by atoms with van der Waals surface area (Å²) < 4.78 is 25.6. The van der Waals surface area contributed by atoms with E-state index in [1.54, 1.807) is 29.7 Å². The maximum absolute atomic E-state index is 12.7. The molecule has 4 atom stereocenters. The van der Waals surface area contributed by atoms with E-state index in [4.69, 9.17) is 5.21 Å². The van der Waals surface area contributed by atoms with Gasteiger partial charge in [0.05, 0.1) is 35.0 Å². The van der Waals surface area contributed by atoms with E-state index in [1.807, 2.05) is 0 Å². The summed E-state index contributed by atoms with van der Waals surface area (Å²) in [5, 5.41) is 11.9. The summed E-state index contributed by atoms with van der Waals surface area (Å²) in [7, 11) is -3.22. The summed E-state index contributed by atoms with van der Waals surface area (Å²) in [5.41, 5.74) is 2.96.